The molecule has 2 fully saturated rings. The van der Waals surface area contributed by atoms with Gasteiger partial charge in [0.2, 0.25) is 11.0 Å². The molecule has 0 saturated carbocycles. The Kier molecular flexibility index (Phi) is 3.65. The molecule has 1 amide bonds. The van der Waals surface area contributed by atoms with E-state index in [9.17, 15) is 9.59 Å². The minimum absolute atomic E-state index is 0.0137. The fraction of sp³-hybridized carbons (Fsp3) is 0.846. The van der Waals surface area contributed by atoms with Gasteiger partial charge in [-0.1, -0.05) is 32.5 Å². The largest absolute Gasteiger partial charge is 0.413 e. The lowest BCUT2D eigenvalue weighted by Crippen LogP contribution is -2.62. The fourth-order valence-electron chi connectivity index (χ4n) is 2.31. The van der Waals surface area contributed by atoms with Gasteiger partial charge in [-0.3, -0.25) is 9.59 Å². The summed E-state index contributed by atoms with van der Waals surface area (Å²) in [4.78, 5) is 25.1. The number of carbonyl (C=O) groups excluding carboxylic acids is 2. The number of thioether (sulfide) groups is 1. The highest BCUT2D eigenvalue weighted by molar-refractivity contribution is 8.14. The van der Waals surface area contributed by atoms with E-state index in [-0.39, 0.29) is 40.0 Å². The van der Waals surface area contributed by atoms with Crippen LogP contribution in [-0.4, -0.2) is 42.3 Å². The van der Waals surface area contributed by atoms with Crippen LogP contribution in [0.15, 0.2) is 0 Å². The quantitative estimate of drug-likeness (QED) is 0.593. The number of hydrogen-bond acceptors (Lipinski definition) is 4. The lowest BCUT2D eigenvalue weighted by molar-refractivity contribution is -0.155. The van der Waals surface area contributed by atoms with Gasteiger partial charge < -0.3 is 9.33 Å². The number of carbonyl (C=O) groups is 2. The molecule has 2 aliphatic rings. The number of nitrogens with zero attached hydrogens (tertiary/aromatic N) is 1. The van der Waals surface area contributed by atoms with Crippen molar-refractivity contribution in [2.24, 2.45) is 5.92 Å². The summed E-state index contributed by atoms with van der Waals surface area (Å²) < 4.78 is 6.29. The molecule has 6 heteroatoms. The van der Waals surface area contributed by atoms with Crippen molar-refractivity contribution < 1.29 is 14.0 Å². The summed E-state index contributed by atoms with van der Waals surface area (Å²) in [6.07, 6.45) is -0.104. The van der Waals surface area contributed by atoms with Crippen LogP contribution in [0.25, 0.3) is 0 Å². The smallest absolute Gasteiger partial charge is 0.232 e. The van der Waals surface area contributed by atoms with E-state index in [1.54, 1.807) is 4.90 Å². The van der Waals surface area contributed by atoms with Gasteiger partial charge in [0.05, 0.1) is 23.9 Å². The van der Waals surface area contributed by atoms with Gasteiger partial charge in [-0.15, -0.1) is 0 Å². The first-order valence-corrected chi connectivity index (χ1v) is 10.5. The molecule has 0 aromatic rings. The molecule has 0 aliphatic carbocycles. The van der Waals surface area contributed by atoms with Gasteiger partial charge in [0.15, 0.2) is 8.32 Å². The van der Waals surface area contributed by atoms with Gasteiger partial charge >= 0.3 is 0 Å². The molecule has 2 rings (SSSR count). The van der Waals surface area contributed by atoms with Crippen LogP contribution in [0.2, 0.25) is 18.1 Å². The van der Waals surface area contributed by atoms with Gasteiger partial charge in [0.25, 0.3) is 0 Å². The van der Waals surface area contributed by atoms with E-state index in [4.69, 9.17) is 4.43 Å². The van der Waals surface area contributed by atoms with Crippen molar-refractivity contribution in [2.45, 2.75) is 57.3 Å². The second-order valence-corrected chi connectivity index (χ2v) is 12.9. The zero-order chi connectivity index (χ0) is 14.6. The molecule has 0 spiro atoms. The second kappa shape index (κ2) is 4.60. The Morgan fingerprint density at radius 3 is 2.47 bits per heavy atom. The van der Waals surface area contributed by atoms with E-state index in [1.165, 1.54) is 11.8 Å². The van der Waals surface area contributed by atoms with Gasteiger partial charge in [-0.2, -0.15) is 0 Å². The third-order valence-corrected chi connectivity index (χ3v) is 10.3. The van der Waals surface area contributed by atoms with Crippen molar-refractivity contribution >= 4 is 31.1 Å². The third kappa shape index (κ3) is 2.50. The van der Waals surface area contributed by atoms with Crippen LogP contribution in [0.4, 0.5) is 0 Å². The molecule has 0 radical (unpaired) electrons. The number of β-lactam (4-membered cyclic amide) rings is 1. The molecule has 108 valence electrons. The van der Waals surface area contributed by atoms with Crippen molar-refractivity contribution in [3.8, 4) is 0 Å². The minimum atomic E-state index is -1.87. The monoisotopic (exact) mass is 301 g/mol. The first-order chi connectivity index (χ1) is 8.54. The summed E-state index contributed by atoms with van der Waals surface area (Å²) in [5.74, 6) is -0.0693. The molecule has 2 aliphatic heterocycles. The summed E-state index contributed by atoms with van der Waals surface area (Å²) in [7, 11) is -1.87. The maximum atomic E-state index is 12.1. The minimum Gasteiger partial charge on any atom is -0.413 e. The van der Waals surface area contributed by atoms with Crippen LogP contribution >= 0.6 is 11.8 Å². The Morgan fingerprint density at radius 2 is 1.95 bits per heavy atom. The lowest BCUT2D eigenvalue weighted by Gasteiger charge is -2.47. The summed E-state index contributed by atoms with van der Waals surface area (Å²) in [5, 5.41) is 0.243. The van der Waals surface area contributed by atoms with Crippen LogP contribution in [0, 0.1) is 5.92 Å². The summed E-state index contributed by atoms with van der Waals surface area (Å²) in [6, 6.07) is 0. The van der Waals surface area contributed by atoms with Crippen LogP contribution in [0.5, 0.6) is 0 Å². The molecule has 1 unspecified atom stereocenters. The molecular formula is C13H23NO3SSi. The topological polar surface area (TPSA) is 46.6 Å². The average Bonchev–Trinajstić information content (AvgIpc) is 2.53. The molecule has 0 N–H and O–H groups in total. The van der Waals surface area contributed by atoms with Crippen LogP contribution in [0.1, 0.15) is 27.7 Å². The Labute approximate surface area is 120 Å². The Bertz CT molecular complexity index is 419. The van der Waals surface area contributed by atoms with Gasteiger partial charge in [0, 0.05) is 0 Å². The van der Waals surface area contributed by atoms with Crippen molar-refractivity contribution in [3.05, 3.63) is 0 Å². The van der Waals surface area contributed by atoms with E-state index in [2.05, 4.69) is 33.9 Å². The Balaban J connectivity index is 2.04. The van der Waals surface area contributed by atoms with Gasteiger partial charge in [0.1, 0.15) is 0 Å². The van der Waals surface area contributed by atoms with Crippen molar-refractivity contribution in [1.82, 2.24) is 4.90 Å². The number of amides is 1. The van der Waals surface area contributed by atoms with E-state index in [0.717, 1.165) is 0 Å². The Hall–Kier alpha value is -0.333. The molecule has 0 aromatic carbocycles. The van der Waals surface area contributed by atoms with E-state index in [1.807, 2.05) is 6.92 Å². The van der Waals surface area contributed by atoms with Crippen molar-refractivity contribution in [1.29, 1.82) is 0 Å². The van der Waals surface area contributed by atoms with Crippen molar-refractivity contribution in [2.75, 3.05) is 6.54 Å². The zero-order valence-electron chi connectivity index (χ0n) is 12.5. The number of rotatable bonds is 3. The molecule has 4 nitrogen and oxygen atoms in total. The molecular weight excluding hydrogens is 278 g/mol. The predicted octanol–water partition coefficient (Wildman–Crippen LogP) is 2.45. The first kappa shape index (κ1) is 15.1. The van der Waals surface area contributed by atoms with E-state index in [0.29, 0.717) is 0 Å². The summed E-state index contributed by atoms with van der Waals surface area (Å²) in [5.41, 5.74) is 0. The van der Waals surface area contributed by atoms with Crippen LogP contribution in [0.3, 0.4) is 0 Å². The van der Waals surface area contributed by atoms with Gasteiger partial charge in [-0.05, 0) is 25.1 Å². The summed E-state index contributed by atoms with van der Waals surface area (Å²) >= 11 is 1.29. The van der Waals surface area contributed by atoms with Crippen LogP contribution < -0.4 is 0 Å². The first-order valence-electron chi connectivity index (χ1n) is 6.72. The highest BCUT2D eigenvalue weighted by Crippen LogP contribution is 2.45. The van der Waals surface area contributed by atoms with Crippen molar-refractivity contribution in [3.63, 3.8) is 0 Å². The van der Waals surface area contributed by atoms with E-state index >= 15 is 0 Å². The molecule has 0 aromatic heterocycles. The normalized spacial score (nSPS) is 29.3. The molecule has 19 heavy (non-hydrogen) atoms. The summed E-state index contributed by atoms with van der Waals surface area (Å²) in [6.45, 7) is 13.2. The fourth-order valence-corrected chi connectivity index (χ4v) is 5.02. The maximum Gasteiger partial charge on any atom is 0.232 e. The third-order valence-electron chi connectivity index (χ3n) is 4.53. The second-order valence-electron chi connectivity index (χ2n) is 6.96. The number of fused-ring (bicyclic) bond motifs is 1. The number of hydrogen-bond donors (Lipinski definition) is 0. The van der Waals surface area contributed by atoms with Gasteiger partial charge in [-0.25, -0.2) is 0 Å². The molecule has 2 heterocycles. The standard InChI is InChI=1S/C13H23NO3SSi/c1-8(17-19(5,6)13(2,3)4)10-11(16)14-7-9(15)18-12(10)14/h8,10,12H,7H2,1-6H3/t8?,10-,12+/m0/s1. The highest BCUT2D eigenvalue weighted by Gasteiger charge is 2.56. The van der Waals surface area contributed by atoms with E-state index < -0.39 is 8.32 Å². The zero-order valence-corrected chi connectivity index (χ0v) is 14.3. The molecule has 0 bridgehead atoms. The predicted molar refractivity (Wildman–Crippen MR) is 79.3 cm³/mol. The lowest BCUT2D eigenvalue weighted by atomic mass is 9.93. The highest BCUT2D eigenvalue weighted by atomic mass is 32.2. The molecule has 2 saturated heterocycles. The van der Waals surface area contributed by atoms with Crippen LogP contribution in [-0.2, 0) is 14.0 Å². The molecule has 3 atom stereocenters. The maximum absolute atomic E-state index is 12.1. The Morgan fingerprint density at radius 1 is 1.37 bits per heavy atom. The average molecular weight is 301 g/mol. The SMILES string of the molecule is CC(O[Si](C)(C)C(C)(C)C)[C@H]1C(=O)N2CC(=O)S[C@H]12.